The van der Waals surface area contributed by atoms with Gasteiger partial charge in [0.25, 0.3) is 5.91 Å². The van der Waals surface area contributed by atoms with Gasteiger partial charge < -0.3 is 19.5 Å². The van der Waals surface area contributed by atoms with Crippen LogP contribution in [0.5, 0.6) is 5.75 Å². The monoisotopic (exact) mass is 321 g/mol. The maximum atomic E-state index is 12.4. The first-order valence-corrected chi connectivity index (χ1v) is 7.78. The van der Waals surface area contributed by atoms with Gasteiger partial charge in [-0.15, -0.1) is 0 Å². The molecule has 0 aromatic heterocycles. The summed E-state index contributed by atoms with van der Waals surface area (Å²) < 4.78 is 10.9. The Balaban J connectivity index is 1.99. The summed E-state index contributed by atoms with van der Waals surface area (Å²) in [6, 6.07) is 7.66. The maximum Gasteiger partial charge on any atom is 0.334 e. The molecule has 1 aliphatic rings. The summed E-state index contributed by atoms with van der Waals surface area (Å²) in [6.07, 6.45) is -1.64. The smallest absolute Gasteiger partial charge is 0.334 e. The first kappa shape index (κ1) is 17.3. The molecule has 1 heterocycles. The average molecular weight is 321 g/mol. The van der Waals surface area contributed by atoms with Gasteiger partial charge in [-0.3, -0.25) is 4.79 Å². The second kappa shape index (κ2) is 7.46. The molecular weight excluding hydrogens is 298 g/mol. The predicted octanol–water partition coefficient (Wildman–Crippen LogP) is 1.89. The highest BCUT2D eigenvalue weighted by atomic mass is 16.5. The molecule has 6 heteroatoms. The molecule has 0 spiro atoms. The Hall–Kier alpha value is -2.08. The van der Waals surface area contributed by atoms with Crippen LogP contribution < -0.4 is 4.74 Å². The van der Waals surface area contributed by atoms with Crippen LogP contribution in [0.1, 0.15) is 32.3 Å². The molecular formula is C17H23NO5. The highest BCUT2D eigenvalue weighted by molar-refractivity contribution is 5.82. The van der Waals surface area contributed by atoms with Crippen LogP contribution in [0, 0.1) is 0 Å². The van der Waals surface area contributed by atoms with E-state index >= 15 is 0 Å². The zero-order chi connectivity index (χ0) is 17.0. The minimum Gasteiger partial charge on any atom is -0.481 e. The molecule has 1 fully saturated rings. The standard InChI is InChI=1S/C17H23NO5/c1-11(2)13-5-4-6-14(9-13)23-12(3)16(19)18-7-8-22-15(10-18)17(20)21/h4-6,9,11-12,15H,7-8,10H2,1-3H3,(H,20,21). The summed E-state index contributed by atoms with van der Waals surface area (Å²) >= 11 is 0. The number of amides is 1. The Morgan fingerprint density at radius 2 is 2.09 bits per heavy atom. The number of carbonyl (C=O) groups excluding carboxylic acids is 1. The molecule has 0 bridgehead atoms. The van der Waals surface area contributed by atoms with Crippen LogP contribution in [0.25, 0.3) is 0 Å². The Labute approximate surface area is 136 Å². The Morgan fingerprint density at radius 1 is 1.35 bits per heavy atom. The van der Waals surface area contributed by atoms with E-state index in [-0.39, 0.29) is 19.1 Å². The number of nitrogens with zero attached hydrogens (tertiary/aromatic N) is 1. The molecule has 0 radical (unpaired) electrons. The van der Waals surface area contributed by atoms with Crippen molar-refractivity contribution in [2.75, 3.05) is 19.7 Å². The van der Waals surface area contributed by atoms with Gasteiger partial charge in [-0.25, -0.2) is 4.79 Å². The molecule has 1 aliphatic heterocycles. The number of carboxylic acids is 1. The van der Waals surface area contributed by atoms with Crippen molar-refractivity contribution >= 4 is 11.9 Å². The first-order valence-electron chi connectivity index (χ1n) is 7.78. The Bertz CT molecular complexity index is 572. The maximum absolute atomic E-state index is 12.4. The molecule has 126 valence electrons. The van der Waals surface area contributed by atoms with Crippen LogP contribution in [-0.4, -0.2) is 53.8 Å². The van der Waals surface area contributed by atoms with Crippen LogP contribution in [0.15, 0.2) is 24.3 Å². The van der Waals surface area contributed by atoms with Crippen molar-refractivity contribution in [3.8, 4) is 5.75 Å². The molecule has 1 N–H and O–H groups in total. The molecule has 0 aliphatic carbocycles. The van der Waals surface area contributed by atoms with E-state index in [0.29, 0.717) is 18.2 Å². The van der Waals surface area contributed by atoms with Crippen LogP contribution in [0.3, 0.4) is 0 Å². The Kier molecular flexibility index (Phi) is 5.60. The fourth-order valence-corrected chi connectivity index (χ4v) is 2.46. The normalized spacial score (nSPS) is 19.5. The van der Waals surface area contributed by atoms with E-state index in [4.69, 9.17) is 14.6 Å². The lowest BCUT2D eigenvalue weighted by molar-refractivity contribution is -0.161. The average Bonchev–Trinajstić information content (AvgIpc) is 2.54. The fraction of sp³-hybridized carbons (Fsp3) is 0.529. The minimum atomic E-state index is -1.05. The van der Waals surface area contributed by atoms with Crippen molar-refractivity contribution in [1.82, 2.24) is 4.90 Å². The van der Waals surface area contributed by atoms with E-state index in [0.717, 1.165) is 5.56 Å². The van der Waals surface area contributed by atoms with Crippen molar-refractivity contribution in [3.63, 3.8) is 0 Å². The highest BCUT2D eigenvalue weighted by Crippen LogP contribution is 2.21. The van der Waals surface area contributed by atoms with E-state index < -0.39 is 18.2 Å². The summed E-state index contributed by atoms with van der Waals surface area (Å²) in [5.74, 6) is -0.268. The van der Waals surface area contributed by atoms with Crippen molar-refractivity contribution in [2.24, 2.45) is 0 Å². The van der Waals surface area contributed by atoms with Gasteiger partial charge in [0.1, 0.15) is 5.75 Å². The number of hydrogen-bond donors (Lipinski definition) is 1. The number of carbonyl (C=O) groups is 2. The first-order chi connectivity index (χ1) is 10.9. The second-order valence-corrected chi connectivity index (χ2v) is 5.97. The van der Waals surface area contributed by atoms with Crippen molar-refractivity contribution in [2.45, 2.75) is 38.9 Å². The summed E-state index contributed by atoms with van der Waals surface area (Å²) in [5.41, 5.74) is 1.14. The number of carboxylic acid groups (broad SMARTS) is 1. The summed E-state index contributed by atoms with van der Waals surface area (Å²) in [6.45, 7) is 6.51. The van der Waals surface area contributed by atoms with Crippen molar-refractivity contribution in [1.29, 1.82) is 0 Å². The quantitative estimate of drug-likeness (QED) is 0.896. The number of ether oxygens (including phenoxy) is 2. The van der Waals surface area contributed by atoms with Crippen LogP contribution in [-0.2, 0) is 14.3 Å². The van der Waals surface area contributed by atoms with Crippen LogP contribution in [0.2, 0.25) is 0 Å². The molecule has 0 saturated carbocycles. The molecule has 2 atom stereocenters. The number of rotatable bonds is 5. The summed E-state index contributed by atoms with van der Waals surface area (Å²) in [7, 11) is 0. The van der Waals surface area contributed by atoms with Gasteiger partial charge in [-0.2, -0.15) is 0 Å². The predicted molar refractivity (Wildman–Crippen MR) is 84.6 cm³/mol. The van der Waals surface area contributed by atoms with Gasteiger partial charge in [0.2, 0.25) is 0 Å². The molecule has 1 aromatic carbocycles. The third kappa shape index (κ3) is 4.45. The number of hydrogen-bond acceptors (Lipinski definition) is 4. The zero-order valence-corrected chi connectivity index (χ0v) is 13.7. The van der Waals surface area contributed by atoms with E-state index in [2.05, 4.69) is 13.8 Å². The molecule has 1 aromatic rings. The third-order valence-electron chi connectivity index (χ3n) is 3.84. The van der Waals surface area contributed by atoms with E-state index in [1.807, 2.05) is 24.3 Å². The molecule has 23 heavy (non-hydrogen) atoms. The largest absolute Gasteiger partial charge is 0.481 e. The number of aliphatic carboxylic acids is 1. The second-order valence-electron chi connectivity index (χ2n) is 5.97. The Morgan fingerprint density at radius 3 is 2.74 bits per heavy atom. The van der Waals surface area contributed by atoms with Gasteiger partial charge in [0, 0.05) is 6.54 Å². The topological polar surface area (TPSA) is 76.1 Å². The molecule has 1 amide bonds. The fourth-order valence-electron chi connectivity index (χ4n) is 2.46. The molecule has 2 unspecified atom stereocenters. The summed E-state index contributed by atoms with van der Waals surface area (Å²) in [4.78, 5) is 24.9. The minimum absolute atomic E-state index is 0.0495. The zero-order valence-electron chi connectivity index (χ0n) is 13.7. The lowest BCUT2D eigenvalue weighted by Gasteiger charge is -2.32. The molecule has 6 nitrogen and oxygen atoms in total. The lowest BCUT2D eigenvalue weighted by atomic mass is 10.0. The lowest BCUT2D eigenvalue weighted by Crippen LogP contribution is -2.51. The van der Waals surface area contributed by atoms with Crippen LogP contribution in [0.4, 0.5) is 0 Å². The van der Waals surface area contributed by atoms with Crippen molar-refractivity contribution < 1.29 is 24.2 Å². The van der Waals surface area contributed by atoms with Gasteiger partial charge >= 0.3 is 5.97 Å². The van der Waals surface area contributed by atoms with E-state index in [9.17, 15) is 9.59 Å². The highest BCUT2D eigenvalue weighted by Gasteiger charge is 2.31. The number of benzene rings is 1. The SMILES string of the molecule is CC(Oc1cccc(C(C)C)c1)C(=O)N1CCOC(C(=O)O)C1. The van der Waals surface area contributed by atoms with Crippen LogP contribution >= 0.6 is 0 Å². The van der Waals surface area contributed by atoms with Gasteiger partial charge in [0.05, 0.1) is 13.2 Å². The van der Waals surface area contributed by atoms with E-state index in [1.165, 1.54) is 4.90 Å². The van der Waals surface area contributed by atoms with Gasteiger partial charge in [0.15, 0.2) is 12.2 Å². The van der Waals surface area contributed by atoms with Gasteiger partial charge in [-0.1, -0.05) is 26.0 Å². The third-order valence-corrected chi connectivity index (χ3v) is 3.84. The summed E-state index contributed by atoms with van der Waals surface area (Å²) in [5, 5.41) is 9.00. The molecule has 2 rings (SSSR count). The van der Waals surface area contributed by atoms with Gasteiger partial charge in [-0.05, 0) is 30.5 Å². The van der Waals surface area contributed by atoms with E-state index in [1.54, 1.807) is 6.92 Å². The number of morpholine rings is 1. The van der Waals surface area contributed by atoms with Crippen molar-refractivity contribution in [3.05, 3.63) is 29.8 Å². The molecule has 1 saturated heterocycles.